The molecule has 1 nitrogen and oxygen atoms in total. The second kappa shape index (κ2) is 4.50. The SMILES string of the molecule is C=C(S)/C=C(\CC)NC. The minimum Gasteiger partial charge on any atom is -0.391 e. The van der Waals surface area contributed by atoms with Crippen molar-refractivity contribution in [1.82, 2.24) is 5.32 Å². The van der Waals surface area contributed by atoms with Crippen LogP contribution in [-0.4, -0.2) is 7.05 Å². The molecular formula is C7H13NS. The van der Waals surface area contributed by atoms with Gasteiger partial charge in [0.1, 0.15) is 0 Å². The lowest BCUT2D eigenvalue weighted by atomic mass is 10.3. The van der Waals surface area contributed by atoms with Crippen molar-refractivity contribution in [2.45, 2.75) is 13.3 Å². The van der Waals surface area contributed by atoms with Gasteiger partial charge in [-0.2, -0.15) is 0 Å². The number of thiol groups is 1. The summed E-state index contributed by atoms with van der Waals surface area (Å²) in [4.78, 5) is 0.793. The summed E-state index contributed by atoms with van der Waals surface area (Å²) in [6.45, 7) is 5.72. The average Bonchev–Trinajstić information content (AvgIpc) is 1.82. The van der Waals surface area contributed by atoms with E-state index in [9.17, 15) is 0 Å². The molecular weight excluding hydrogens is 130 g/mol. The van der Waals surface area contributed by atoms with Crippen molar-refractivity contribution in [3.8, 4) is 0 Å². The smallest absolute Gasteiger partial charge is 0.0112 e. The molecule has 0 aromatic rings. The zero-order valence-electron chi connectivity index (χ0n) is 5.94. The molecule has 52 valence electrons. The molecule has 0 aliphatic carbocycles. The highest BCUT2D eigenvalue weighted by Gasteiger charge is 1.86. The van der Waals surface area contributed by atoms with E-state index in [4.69, 9.17) is 0 Å². The van der Waals surface area contributed by atoms with Gasteiger partial charge in [-0.15, -0.1) is 12.6 Å². The third kappa shape index (κ3) is 4.15. The van der Waals surface area contributed by atoms with Crippen molar-refractivity contribution in [2.75, 3.05) is 7.05 Å². The van der Waals surface area contributed by atoms with Gasteiger partial charge in [0.2, 0.25) is 0 Å². The van der Waals surface area contributed by atoms with E-state index in [1.165, 1.54) is 0 Å². The molecule has 0 saturated heterocycles. The highest BCUT2D eigenvalue weighted by Crippen LogP contribution is 2.03. The first kappa shape index (κ1) is 8.63. The summed E-state index contributed by atoms with van der Waals surface area (Å²) >= 11 is 4.03. The monoisotopic (exact) mass is 143 g/mol. The van der Waals surface area contributed by atoms with E-state index in [2.05, 4.69) is 31.4 Å². The molecule has 0 aliphatic rings. The second-order valence-electron chi connectivity index (χ2n) is 1.76. The molecule has 0 bridgehead atoms. The quantitative estimate of drug-likeness (QED) is 0.454. The Balaban J connectivity index is 3.91. The lowest BCUT2D eigenvalue weighted by Gasteiger charge is -2.00. The third-order valence-electron chi connectivity index (χ3n) is 1.04. The average molecular weight is 143 g/mol. The number of hydrogen-bond acceptors (Lipinski definition) is 2. The van der Waals surface area contributed by atoms with Crippen LogP contribution < -0.4 is 5.32 Å². The van der Waals surface area contributed by atoms with Crippen LogP contribution in [0.25, 0.3) is 0 Å². The fourth-order valence-corrected chi connectivity index (χ4v) is 0.708. The van der Waals surface area contributed by atoms with Crippen molar-refractivity contribution in [3.05, 3.63) is 23.3 Å². The largest absolute Gasteiger partial charge is 0.391 e. The van der Waals surface area contributed by atoms with E-state index < -0.39 is 0 Å². The molecule has 0 rings (SSSR count). The van der Waals surface area contributed by atoms with Crippen molar-refractivity contribution < 1.29 is 0 Å². The topological polar surface area (TPSA) is 12.0 Å². The van der Waals surface area contributed by atoms with Crippen LogP contribution in [0.1, 0.15) is 13.3 Å². The Hall–Kier alpha value is -0.370. The summed E-state index contributed by atoms with van der Waals surface area (Å²) in [5.74, 6) is 0. The van der Waals surface area contributed by atoms with Gasteiger partial charge in [0.25, 0.3) is 0 Å². The fraction of sp³-hybridized carbons (Fsp3) is 0.429. The number of allylic oxidation sites excluding steroid dienone is 2. The number of hydrogen-bond donors (Lipinski definition) is 2. The number of rotatable bonds is 3. The predicted molar refractivity (Wildman–Crippen MR) is 45.6 cm³/mol. The van der Waals surface area contributed by atoms with Gasteiger partial charge in [-0.25, -0.2) is 0 Å². The molecule has 0 aliphatic heterocycles. The molecule has 0 aromatic carbocycles. The zero-order chi connectivity index (χ0) is 7.28. The Kier molecular flexibility index (Phi) is 4.32. The molecule has 0 aromatic heterocycles. The first-order valence-corrected chi connectivity index (χ1v) is 3.41. The first-order valence-electron chi connectivity index (χ1n) is 2.97. The van der Waals surface area contributed by atoms with E-state index in [0.29, 0.717) is 0 Å². The molecule has 0 saturated carbocycles. The van der Waals surface area contributed by atoms with Crippen molar-refractivity contribution in [3.63, 3.8) is 0 Å². The van der Waals surface area contributed by atoms with Gasteiger partial charge < -0.3 is 5.32 Å². The van der Waals surface area contributed by atoms with Gasteiger partial charge >= 0.3 is 0 Å². The van der Waals surface area contributed by atoms with Crippen LogP contribution in [-0.2, 0) is 0 Å². The van der Waals surface area contributed by atoms with Crippen LogP contribution in [0.2, 0.25) is 0 Å². The molecule has 0 amide bonds. The van der Waals surface area contributed by atoms with E-state index in [1.807, 2.05) is 13.1 Å². The van der Waals surface area contributed by atoms with Gasteiger partial charge in [-0.3, -0.25) is 0 Å². The zero-order valence-corrected chi connectivity index (χ0v) is 6.83. The highest BCUT2D eigenvalue weighted by atomic mass is 32.1. The normalized spacial score (nSPS) is 11.2. The Morgan fingerprint density at radius 3 is 2.44 bits per heavy atom. The maximum Gasteiger partial charge on any atom is 0.0112 e. The van der Waals surface area contributed by atoms with Gasteiger partial charge in [0, 0.05) is 12.7 Å². The summed E-state index contributed by atoms with van der Waals surface area (Å²) in [7, 11) is 1.89. The lowest BCUT2D eigenvalue weighted by molar-refractivity contribution is 0.900. The minimum atomic E-state index is 0.793. The van der Waals surface area contributed by atoms with Crippen molar-refractivity contribution in [1.29, 1.82) is 0 Å². The van der Waals surface area contributed by atoms with Crippen LogP contribution in [0, 0.1) is 0 Å². The first-order chi connectivity index (χ1) is 4.20. The Morgan fingerprint density at radius 1 is 1.78 bits per heavy atom. The van der Waals surface area contributed by atoms with E-state index in [1.54, 1.807) is 0 Å². The van der Waals surface area contributed by atoms with Crippen LogP contribution >= 0.6 is 12.6 Å². The molecule has 0 fully saturated rings. The van der Waals surface area contributed by atoms with E-state index in [-0.39, 0.29) is 0 Å². The molecule has 2 heteroatoms. The molecule has 0 atom stereocenters. The lowest BCUT2D eigenvalue weighted by Crippen LogP contribution is -2.03. The third-order valence-corrected chi connectivity index (χ3v) is 1.17. The van der Waals surface area contributed by atoms with Crippen molar-refractivity contribution >= 4 is 12.6 Å². The predicted octanol–water partition coefficient (Wildman–Crippen LogP) is 1.94. The number of nitrogens with one attached hydrogen (secondary N) is 1. The molecule has 0 unspecified atom stereocenters. The van der Waals surface area contributed by atoms with Crippen LogP contribution in [0.5, 0.6) is 0 Å². The molecule has 0 spiro atoms. The van der Waals surface area contributed by atoms with Gasteiger partial charge in [-0.05, 0) is 17.4 Å². The minimum absolute atomic E-state index is 0.793. The summed E-state index contributed by atoms with van der Waals surface area (Å²) < 4.78 is 0. The van der Waals surface area contributed by atoms with Crippen LogP contribution in [0.15, 0.2) is 23.3 Å². The second-order valence-corrected chi connectivity index (χ2v) is 2.34. The van der Waals surface area contributed by atoms with Crippen molar-refractivity contribution in [2.24, 2.45) is 0 Å². The van der Waals surface area contributed by atoms with Gasteiger partial charge in [-0.1, -0.05) is 13.5 Å². The van der Waals surface area contributed by atoms with E-state index >= 15 is 0 Å². The van der Waals surface area contributed by atoms with E-state index in [0.717, 1.165) is 17.0 Å². The standard InChI is InChI=1S/C7H13NS/c1-4-7(8-3)5-6(2)9/h5,8-9H,2,4H2,1,3H3/b7-5+. The summed E-state index contributed by atoms with van der Waals surface area (Å²) in [5, 5.41) is 3.03. The van der Waals surface area contributed by atoms with Gasteiger partial charge in [0.05, 0.1) is 0 Å². The Bertz CT molecular complexity index is 121. The Labute approximate surface area is 62.3 Å². The highest BCUT2D eigenvalue weighted by molar-refractivity contribution is 7.84. The molecule has 9 heavy (non-hydrogen) atoms. The maximum atomic E-state index is 4.03. The fourth-order valence-electron chi connectivity index (χ4n) is 0.552. The van der Waals surface area contributed by atoms with Crippen LogP contribution in [0.3, 0.4) is 0 Å². The summed E-state index contributed by atoms with van der Waals surface area (Å²) in [5.41, 5.74) is 1.16. The molecule has 0 heterocycles. The summed E-state index contributed by atoms with van der Waals surface area (Å²) in [6, 6.07) is 0. The van der Waals surface area contributed by atoms with Crippen LogP contribution in [0.4, 0.5) is 0 Å². The maximum absolute atomic E-state index is 4.03. The van der Waals surface area contributed by atoms with Gasteiger partial charge in [0.15, 0.2) is 0 Å². The molecule has 1 N–H and O–H groups in total. The molecule has 0 radical (unpaired) electrons. The summed E-state index contributed by atoms with van der Waals surface area (Å²) in [6.07, 6.45) is 2.92. The Morgan fingerprint density at radius 2 is 2.33 bits per heavy atom.